The molecule has 0 unspecified atom stereocenters. The Morgan fingerprint density at radius 1 is 1.29 bits per heavy atom. The third kappa shape index (κ3) is 3.48. The fourth-order valence-electron chi connectivity index (χ4n) is 2.68. The van der Waals surface area contributed by atoms with E-state index in [-0.39, 0.29) is 5.91 Å². The van der Waals surface area contributed by atoms with Gasteiger partial charge >= 0.3 is 0 Å². The molecule has 21 heavy (non-hydrogen) atoms. The van der Waals surface area contributed by atoms with E-state index in [1.54, 1.807) is 24.3 Å². The van der Waals surface area contributed by atoms with E-state index in [2.05, 4.69) is 11.4 Å². The topological polar surface area (TPSA) is 42.2 Å². The van der Waals surface area contributed by atoms with E-state index in [4.69, 9.17) is 16.0 Å². The Morgan fingerprint density at radius 3 is 3.00 bits per heavy atom. The van der Waals surface area contributed by atoms with Crippen LogP contribution in [0.5, 0.6) is 0 Å². The van der Waals surface area contributed by atoms with Crippen molar-refractivity contribution in [3.8, 4) is 0 Å². The Morgan fingerprint density at radius 2 is 2.19 bits per heavy atom. The SMILES string of the molecule is O=C(NCCC1=CCCCC1)c1cc2cc(Cl)ccc2o1. The number of nitrogens with one attached hydrogen (secondary N) is 1. The molecule has 0 saturated carbocycles. The molecule has 3 nitrogen and oxygen atoms in total. The van der Waals surface area contributed by atoms with Gasteiger partial charge in [-0.1, -0.05) is 23.3 Å². The number of halogens is 1. The van der Waals surface area contributed by atoms with Crippen molar-refractivity contribution >= 4 is 28.5 Å². The van der Waals surface area contributed by atoms with Crippen molar-refractivity contribution in [3.63, 3.8) is 0 Å². The Hall–Kier alpha value is -1.74. The summed E-state index contributed by atoms with van der Waals surface area (Å²) in [6.07, 6.45) is 8.13. The van der Waals surface area contributed by atoms with Crippen molar-refractivity contribution < 1.29 is 9.21 Å². The molecule has 1 aliphatic carbocycles. The fourth-order valence-corrected chi connectivity index (χ4v) is 2.86. The van der Waals surface area contributed by atoms with Crippen LogP contribution in [0.2, 0.25) is 5.02 Å². The highest BCUT2D eigenvalue weighted by atomic mass is 35.5. The number of carbonyl (C=O) groups is 1. The Bertz CT molecular complexity index is 687. The summed E-state index contributed by atoms with van der Waals surface area (Å²) in [5, 5.41) is 4.40. The molecule has 110 valence electrons. The second-order valence-electron chi connectivity index (χ2n) is 5.41. The number of amides is 1. The molecular weight excluding hydrogens is 286 g/mol. The van der Waals surface area contributed by atoms with Gasteiger partial charge in [0.25, 0.3) is 5.91 Å². The largest absolute Gasteiger partial charge is 0.451 e. The molecular formula is C17H18ClNO2. The number of carbonyl (C=O) groups excluding carboxylic acids is 1. The third-order valence-electron chi connectivity index (χ3n) is 3.82. The summed E-state index contributed by atoms with van der Waals surface area (Å²) >= 11 is 5.93. The summed E-state index contributed by atoms with van der Waals surface area (Å²) in [6, 6.07) is 7.06. The predicted octanol–water partition coefficient (Wildman–Crippen LogP) is 4.71. The Kier molecular flexibility index (Phi) is 4.30. The van der Waals surface area contributed by atoms with Crippen LogP contribution < -0.4 is 5.32 Å². The maximum Gasteiger partial charge on any atom is 0.287 e. The number of rotatable bonds is 4. The molecule has 1 aromatic heterocycles. The van der Waals surface area contributed by atoms with E-state index in [0.29, 0.717) is 22.9 Å². The van der Waals surface area contributed by atoms with Crippen LogP contribution in [0.15, 0.2) is 40.3 Å². The van der Waals surface area contributed by atoms with Crippen LogP contribution in [-0.2, 0) is 0 Å². The molecule has 0 aliphatic heterocycles. The Balaban J connectivity index is 1.60. The van der Waals surface area contributed by atoms with Crippen LogP contribution in [-0.4, -0.2) is 12.5 Å². The van der Waals surface area contributed by atoms with Gasteiger partial charge in [-0.2, -0.15) is 0 Å². The van der Waals surface area contributed by atoms with Gasteiger partial charge in [0, 0.05) is 17.0 Å². The standard InChI is InChI=1S/C17H18ClNO2/c18-14-6-7-15-13(10-14)11-16(21-15)17(20)19-9-8-12-4-2-1-3-5-12/h4,6-7,10-11H,1-3,5,8-9H2,(H,19,20). The number of allylic oxidation sites excluding steroid dienone is 1. The van der Waals surface area contributed by atoms with Crippen molar-refractivity contribution in [1.82, 2.24) is 5.32 Å². The van der Waals surface area contributed by atoms with Gasteiger partial charge in [0.1, 0.15) is 5.58 Å². The first-order valence-electron chi connectivity index (χ1n) is 7.37. The van der Waals surface area contributed by atoms with Crippen molar-refractivity contribution in [2.75, 3.05) is 6.54 Å². The lowest BCUT2D eigenvalue weighted by atomic mass is 9.97. The lowest BCUT2D eigenvalue weighted by Crippen LogP contribution is -2.24. The van der Waals surface area contributed by atoms with Gasteiger partial charge in [0.15, 0.2) is 5.76 Å². The number of fused-ring (bicyclic) bond motifs is 1. The van der Waals surface area contributed by atoms with Gasteiger partial charge in [-0.15, -0.1) is 0 Å². The van der Waals surface area contributed by atoms with Crippen molar-refractivity contribution in [2.24, 2.45) is 0 Å². The summed E-state index contributed by atoms with van der Waals surface area (Å²) in [6.45, 7) is 0.655. The second-order valence-corrected chi connectivity index (χ2v) is 5.84. The fraction of sp³-hybridized carbons (Fsp3) is 0.353. The van der Waals surface area contributed by atoms with E-state index >= 15 is 0 Å². The zero-order chi connectivity index (χ0) is 14.7. The smallest absolute Gasteiger partial charge is 0.287 e. The first kappa shape index (κ1) is 14.2. The first-order chi connectivity index (χ1) is 10.2. The van der Waals surface area contributed by atoms with Gasteiger partial charge in [0.2, 0.25) is 0 Å². The highest BCUT2D eigenvalue weighted by molar-refractivity contribution is 6.31. The molecule has 1 amide bonds. The maximum absolute atomic E-state index is 12.1. The molecule has 1 N–H and O–H groups in total. The van der Waals surface area contributed by atoms with E-state index in [9.17, 15) is 4.79 Å². The third-order valence-corrected chi connectivity index (χ3v) is 4.05. The van der Waals surface area contributed by atoms with Gasteiger partial charge < -0.3 is 9.73 Å². The van der Waals surface area contributed by atoms with Gasteiger partial charge in [-0.3, -0.25) is 4.79 Å². The number of furan rings is 1. The highest BCUT2D eigenvalue weighted by Crippen LogP contribution is 2.23. The molecule has 0 atom stereocenters. The van der Waals surface area contributed by atoms with Gasteiger partial charge in [-0.25, -0.2) is 0 Å². The quantitative estimate of drug-likeness (QED) is 0.831. The predicted molar refractivity (Wildman–Crippen MR) is 84.7 cm³/mol. The van der Waals surface area contributed by atoms with Crippen molar-refractivity contribution in [2.45, 2.75) is 32.1 Å². The van der Waals surface area contributed by atoms with E-state index < -0.39 is 0 Å². The van der Waals surface area contributed by atoms with E-state index in [1.165, 1.54) is 31.3 Å². The summed E-state index contributed by atoms with van der Waals surface area (Å²) in [5.41, 5.74) is 2.14. The van der Waals surface area contributed by atoms with Crippen LogP contribution in [0.25, 0.3) is 11.0 Å². The summed E-state index contributed by atoms with van der Waals surface area (Å²) in [5.74, 6) is 0.170. The zero-order valence-electron chi connectivity index (χ0n) is 11.8. The van der Waals surface area contributed by atoms with Crippen LogP contribution in [0.1, 0.15) is 42.7 Å². The second kappa shape index (κ2) is 6.35. The minimum Gasteiger partial charge on any atom is -0.451 e. The molecule has 4 heteroatoms. The van der Waals surface area contributed by atoms with Crippen LogP contribution in [0.4, 0.5) is 0 Å². The van der Waals surface area contributed by atoms with Gasteiger partial charge in [-0.05, 0) is 56.4 Å². The number of hydrogen-bond acceptors (Lipinski definition) is 2. The summed E-state index contributed by atoms with van der Waals surface area (Å²) < 4.78 is 5.54. The highest BCUT2D eigenvalue weighted by Gasteiger charge is 2.12. The molecule has 0 bridgehead atoms. The number of benzene rings is 1. The summed E-state index contributed by atoms with van der Waals surface area (Å²) in [4.78, 5) is 12.1. The molecule has 1 heterocycles. The number of hydrogen-bond donors (Lipinski definition) is 1. The average molecular weight is 304 g/mol. The van der Waals surface area contributed by atoms with Gasteiger partial charge in [0.05, 0.1) is 0 Å². The molecule has 0 saturated heterocycles. The average Bonchev–Trinajstić information content (AvgIpc) is 2.91. The minimum absolute atomic E-state index is 0.168. The maximum atomic E-state index is 12.1. The molecule has 0 radical (unpaired) electrons. The summed E-state index contributed by atoms with van der Waals surface area (Å²) in [7, 11) is 0. The van der Waals surface area contributed by atoms with Crippen LogP contribution >= 0.6 is 11.6 Å². The lowest BCUT2D eigenvalue weighted by Gasteiger charge is -2.12. The molecule has 2 aromatic rings. The van der Waals surface area contributed by atoms with E-state index in [0.717, 1.165) is 11.8 Å². The molecule has 1 aliphatic rings. The van der Waals surface area contributed by atoms with E-state index in [1.807, 2.05) is 0 Å². The molecule has 3 rings (SSSR count). The molecule has 1 aromatic carbocycles. The van der Waals surface area contributed by atoms with Crippen LogP contribution in [0, 0.1) is 0 Å². The molecule has 0 fully saturated rings. The van der Waals surface area contributed by atoms with Crippen molar-refractivity contribution in [3.05, 3.63) is 46.7 Å². The van der Waals surface area contributed by atoms with Crippen molar-refractivity contribution in [1.29, 1.82) is 0 Å². The normalized spacial score (nSPS) is 15.0. The Labute approximate surface area is 129 Å². The molecule has 0 spiro atoms. The minimum atomic E-state index is -0.168. The lowest BCUT2D eigenvalue weighted by molar-refractivity contribution is 0.0928. The first-order valence-corrected chi connectivity index (χ1v) is 7.75. The monoisotopic (exact) mass is 303 g/mol. The zero-order valence-corrected chi connectivity index (χ0v) is 12.6. The van der Waals surface area contributed by atoms with Crippen LogP contribution in [0.3, 0.4) is 0 Å².